The maximum atomic E-state index is 12.8. The molecule has 5 nitrogen and oxygen atoms in total. The van der Waals surface area contributed by atoms with Crippen LogP contribution < -0.4 is 4.74 Å². The number of amides is 1. The number of carbonyl (C=O) groups is 1. The van der Waals surface area contributed by atoms with Crippen LogP contribution in [0, 0.1) is 6.92 Å². The smallest absolute Gasteiger partial charge is 0.266 e. The van der Waals surface area contributed by atoms with Crippen LogP contribution >= 0.6 is 24.0 Å². The van der Waals surface area contributed by atoms with E-state index in [0.717, 1.165) is 46.7 Å². The summed E-state index contributed by atoms with van der Waals surface area (Å²) >= 11 is 6.73. The molecule has 1 fully saturated rings. The molecular formula is C26H27N3O2S2. The van der Waals surface area contributed by atoms with Gasteiger partial charge in [0.1, 0.15) is 15.8 Å². The quantitative estimate of drug-likeness (QED) is 0.218. The van der Waals surface area contributed by atoms with Crippen molar-refractivity contribution in [2.24, 2.45) is 0 Å². The van der Waals surface area contributed by atoms with Crippen molar-refractivity contribution in [3.05, 3.63) is 70.8 Å². The van der Waals surface area contributed by atoms with E-state index in [1.807, 2.05) is 72.4 Å². The summed E-state index contributed by atoms with van der Waals surface area (Å²) < 4.78 is 8.32. The second-order valence-electron chi connectivity index (χ2n) is 7.82. The Morgan fingerprint density at radius 3 is 2.61 bits per heavy atom. The van der Waals surface area contributed by atoms with Crippen LogP contribution in [0.1, 0.15) is 37.8 Å². The van der Waals surface area contributed by atoms with Gasteiger partial charge in [0.05, 0.1) is 17.2 Å². The molecule has 0 bridgehead atoms. The fourth-order valence-electron chi connectivity index (χ4n) is 3.66. The summed E-state index contributed by atoms with van der Waals surface area (Å²) in [4.78, 5) is 15.1. The minimum Gasteiger partial charge on any atom is -0.494 e. The lowest BCUT2D eigenvalue weighted by Crippen LogP contribution is -2.27. The number of thioether (sulfide) groups is 1. The standard InChI is InChI=1S/C26H27N3O2S2/c1-4-6-14-31-21-12-13-22(18(3)15-21)24-19(16-23-25(30)28(5-2)26(32)33-23)17-29(27-24)20-10-8-7-9-11-20/h7-13,15-17H,4-6,14H2,1-3H3. The van der Waals surface area contributed by atoms with Gasteiger partial charge in [0, 0.05) is 23.9 Å². The molecule has 1 aliphatic rings. The van der Waals surface area contributed by atoms with Gasteiger partial charge in [0.25, 0.3) is 5.91 Å². The Kier molecular flexibility index (Phi) is 7.30. The van der Waals surface area contributed by atoms with Gasteiger partial charge in [-0.3, -0.25) is 9.69 Å². The Balaban J connectivity index is 1.76. The molecule has 2 heterocycles. The number of benzene rings is 2. The summed E-state index contributed by atoms with van der Waals surface area (Å²) in [6.07, 6.45) is 6.00. The van der Waals surface area contributed by atoms with E-state index in [4.69, 9.17) is 22.1 Å². The molecule has 0 saturated carbocycles. The zero-order valence-corrected chi connectivity index (χ0v) is 20.7. The first kappa shape index (κ1) is 23.3. The van der Waals surface area contributed by atoms with Gasteiger partial charge >= 0.3 is 0 Å². The molecule has 7 heteroatoms. The van der Waals surface area contributed by atoms with Gasteiger partial charge in [-0.2, -0.15) is 5.10 Å². The zero-order chi connectivity index (χ0) is 23.4. The Labute approximate surface area is 204 Å². The molecule has 0 radical (unpaired) electrons. The number of nitrogens with zero attached hydrogens (tertiary/aromatic N) is 3. The van der Waals surface area contributed by atoms with Crippen LogP contribution in [0.25, 0.3) is 23.0 Å². The van der Waals surface area contributed by atoms with Crippen LogP contribution in [0.3, 0.4) is 0 Å². The molecule has 1 amide bonds. The number of aromatic nitrogens is 2. The van der Waals surface area contributed by atoms with Crippen molar-refractivity contribution >= 4 is 40.3 Å². The van der Waals surface area contributed by atoms with Crippen molar-refractivity contribution in [1.82, 2.24) is 14.7 Å². The number of aryl methyl sites for hydroxylation is 1. The number of likely N-dealkylation sites (N-methyl/N-ethyl adjacent to an activating group) is 1. The summed E-state index contributed by atoms with van der Waals surface area (Å²) in [5, 5.41) is 4.91. The number of carbonyl (C=O) groups excluding carboxylic acids is 1. The lowest BCUT2D eigenvalue weighted by Gasteiger charge is -2.10. The molecule has 170 valence electrons. The van der Waals surface area contributed by atoms with E-state index < -0.39 is 0 Å². The molecule has 0 spiro atoms. The zero-order valence-electron chi connectivity index (χ0n) is 19.1. The number of ether oxygens (including phenoxy) is 1. The van der Waals surface area contributed by atoms with Gasteiger partial charge in [-0.15, -0.1) is 0 Å². The first-order valence-electron chi connectivity index (χ1n) is 11.2. The highest BCUT2D eigenvalue weighted by molar-refractivity contribution is 8.26. The fraction of sp³-hybridized carbons (Fsp3) is 0.269. The molecular weight excluding hydrogens is 450 g/mol. The average molecular weight is 478 g/mol. The first-order chi connectivity index (χ1) is 16.0. The van der Waals surface area contributed by atoms with Crippen molar-refractivity contribution in [1.29, 1.82) is 0 Å². The first-order valence-corrected chi connectivity index (χ1v) is 12.4. The summed E-state index contributed by atoms with van der Waals surface area (Å²) in [6, 6.07) is 16.0. The highest BCUT2D eigenvalue weighted by atomic mass is 32.2. The summed E-state index contributed by atoms with van der Waals surface area (Å²) in [5.74, 6) is 0.805. The van der Waals surface area contributed by atoms with E-state index in [2.05, 4.69) is 13.8 Å². The predicted octanol–water partition coefficient (Wildman–Crippen LogP) is 6.25. The fourth-order valence-corrected chi connectivity index (χ4v) is 5.03. The van der Waals surface area contributed by atoms with Crippen molar-refractivity contribution in [3.63, 3.8) is 0 Å². The lowest BCUT2D eigenvalue weighted by atomic mass is 10.0. The predicted molar refractivity (Wildman–Crippen MR) is 140 cm³/mol. The lowest BCUT2D eigenvalue weighted by molar-refractivity contribution is -0.121. The minimum atomic E-state index is -0.0534. The van der Waals surface area contributed by atoms with Crippen LogP contribution in [0.4, 0.5) is 0 Å². The molecule has 1 aliphatic heterocycles. The molecule has 0 atom stereocenters. The third kappa shape index (κ3) is 5.04. The topological polar surface area (TPSA) is 47.4 Å². The van der Waals surface area contributed by atoms with Gasteiger partial charge < -0.3 is 4.74 Å². The van der Waals surface area contributed by atoms with Crippen LogP contribution in [0.2, 0.25) is 0 Å². The Morgan fingerprint density at radius 1 is 1.15 bits per heavy atom. The summed E-state index contributed by atoms with van der Waals surface area (Å²) in [5.41, 5.74) is 4.72. The van der Waals surface area contributed by atoms with E-state index >= 15 is 0 Å². The molecule has 0 aliphatic carbocycles. The number of hydrogen-bond acceptors (Lipinski definition) is 5. The van der Waals surface area contributed by atoms with Crippen molar-refractivity contribution in [2.75, 3.05) is 13.2 Å². The SMILES string of the molecule is CCCCOc1ccc(-c2nn(-c3ccccc3)cc2C=C2SC(=S)N(CC)C2=O)c(C)c1. The number of hydrogen-bond donors (Lipinski definition) is 0. The van der Waals surface area contributed by atoms with Gasteiger partial charge in [-0.05, 0) is 62.2 Å². The van der Waals surface area contributed by atoms with Crippen LogP contribution in [0.15, 0.2) is 59.6 Å². The Morgan fingerprint density at radius 2 is 1.94 bits per heavy atom. The highest BCUT2D eigenvalue weighted by Gasteiger charge is 2.31. The third-order valence-electron chi connectivity index (χ3n) is 5.46. The number of para-hydroxylation sites is 1. The molecule has 33 heavy (non-hydrogen) atoms. The maximum absolute atomic E-state index is 12.8. The van der Waals surface area contributed by atoms with Crippen LogP contribution in [-0.4, -0.2) is 38.1 Å². The Hall–Kier alpha value is -2.90. The van der Waals surface area contributed by atoms with Crippen molar-refractivity contribution < 1.29 is 9.53 Å². The average Bonchev–Trinajstić information content (AvgIpc) is 3.35. The molecule has 1 aromatic heterocycles. The third-order valence-corrected chi connectivity index (χ3v) is 6.84. The maximum Gasteiger partial charge on any atom is 0.266 e. The number of unbranched alkanes of at least 4 members (excludes halogenated alkanes) is 1. The number of thiocarbonyl (C=S) groups is 1. The van der Waals surface area contributed by atoms with Gasteiger partial charge in [0.2, 0.25) is 0 Å². The normalized spacial score (nSPS) is 15.0. The van der Waals surface area contributed by atoms with Crippen molar-refractivity contribution in [3.8, 4) is 22.7 Å². The second-order valence-corrected chi connectivity index (χ2v) is 9.49. The van der Waals surface area contributed by atoms with Gasteiger partial charge in [0.15, 0.2) is 0 Å². The van der Waals surface area contributed by atoms with Crippen LogP contribution in [-0.2, 0) is 4.79 Å². The molecule has 3 aromatic rings. The monoisotopic (exact) mass is 477 g/mol. The largest absolute Gasteiger partial charge is 0.494 e. The van der Waals surface area contributed by atoms with Gasteiger partial charge in [-0.1, -0.05) is 55.5 Å². The highest BCUT2D eigenvalue weighted by Crippen LogP contribution is 2.36. The molecule has 0 unspecified atom stereocenters. The number of rotatable bonds is 8. The second kappa shape index (κ2) is 10.4. The van der Waals surface area contributed by atoms with E-state index in [1.165, 1.54) is 11.8 Å². The van der Waals surface area contributed by atoms with E-state index in [0.29, 0.717) is 22.4 Å². The van der Waals surface area contributed by atoms with Crippen LogP contribution in [0.5, 0.6) is 5.75 Å². The molecule has 4 rings (SSSR count). The van der Waals surface area contributed by atoms with Gasteiger partial charge in [-0.25, -0.2) is 4.68 Å². The molecule has 2 aromatic carbocycles. The van der Waals surface area contributed by atoms with E-state index in [1.54, 1.807) is 4.90 Å². The molecule has 0 N–H and O–H groups in total. The summed E-state index contributed by atoms with van der Waals surface area (Å²) in [7, 11) is 0. The molecule has 1 saturated heterocycles. The minimum absolute atomic E-state index is 0.0534. The summed E-state index contributed by atoms with van der Waals surface area (Å²) in [6.45, 7) is 7.42. The van der Waals surface area contributed by atoms with E-state index in [9.17, 15) is 4.79 Å². The van der Waals surface area contributed by atoms with E-state index in [-0.39, 0.29) is 5.91 Å². The Bertz CT molecular complexity index is 1200. The van der Waals surface area contributed by atoms with Crippen molar-refractivity contribution in [2.45, 2.75) is 33.6 Å².